The Labute approximate surface area is 118 Å². The first-order valence-corrected chi connectivity index (χ1v) is 7.08. The van der Waals surface area contributed by atoms with E-state index in [0.717, 1.165) is 18.0 Å². The quantitative estimate of drug-likeness (QED) is 0.900. The van der Waals surface area contributed by atoms with Gasteiger partial charge in [0.25, 0.3) is 0 Å². The van der Waals surface area contributed by atoms with Crippen molar-refractivity contribution in [1.29, 1.82) is 0 Å². The molecule has 19 heavy (non-hydrogen) atoms. The zero-order chi connectivity index (χ0) is 13.1. The maximum atomic E-state index is 6.11. The molecule has 1 aliphatic rings. The van der Waals surface area contributed by atoms with E-state index in [1.165, 1.54) is 29.5 Å². The smallest absolute Gasteiger partial charge is 0.0409 e. The highest BCUT2D eigenvalue weighted by molar-refractivity contribution is 6.30. The number of nitrogens with zero attached hydrogens (tertiary/aromatic N) is 1. The van der Waals surface area contributed by atoms with Crippen LogP contribution in [0.4, 0.5) is 0 Å². The van der Waals surface area contributed by atoms with Gasteiger partial charge in [-0.15, -0.1) is 0 Å². The van der Waals surface area contributed by atoms with Gasteiger partial charge >= 0.3 is 0 Å². The summed E-state index contributed by atoms with van der Waals surface area (Å²) < 4.78 is 0. The third kappa shape index (κ3) is 3.55. The Morgan fingerprint density at radius 2 is 2.11 bits per heavy atom. The fraction of sp³-hybridized carbons (Fsp3) is 0.312. The van der Waals surface area contributed by atoms with Crippen LogP contribution in [0.15, 0.2) is 42.7 Å². The van der Waals surface area contributed by atoms with Crippen molar-refractivity contribution in [2.24, 2.45) is 0 Å². The molecular formula is C16H17ClN2. The minimum Gasteiger partial charge on any atom is -0.310 e. The molecule has 0 radical (unpaired) electrons. The largest absolute Gasteiger partial charge is 0.310 e. The van der Waals surface area contributed by atoms with Gasteiger partial charge in [0.05, 0.1) is 0 Å². The summed E-state index contributed by atoms with van der Waals surface area (Å²) in [6.45, 7) is 0.904. The Bertz CT molecular complexity index is 550. The molecule has 1 aliphatic carbocycles. The summed E-state index contributed by atoms with van der Waals surface area (Å²) in [4.78, 5) is 4.17. The molecule has 0 spiro atoms. The third-order valence-electron chi connectivity index (χ3n) is 3.44. The van der Waals surface area contributed by atoms with Gasteiger partial charge in [-0.25, -0.2) is 0 Å². The van der Waals surface area contributed by atoms with Crippen molar-refractivity contribution < 1.29 is 0 Å². The number of benzene rings is 1. The molecule has 1 aromatic carbocycles. The first-order valence-electron chi connectivity index (χ1n) is 6.71. The number of pyridine rings is 1. The van der Waals surface area contributed by atoms with E-state index in [9.17, 15) is 0 Å². The summed E-state index contributed by atoms with van der Waals surface area (Å²) in [5.41, 5.74) is 3.85. The lowest BCUT2D eigenvalue weighted by atomic mass is 10.0. The van der Waals surface area contributed by atoms with Crippen molar-refractivity contribution in [3.8, 4) is 0 Å². The third-order valence-corrected chi connectivity index (χ3v) is 3.68. The number of hydrogen-bond donors (Lipinski definition) is 1. The number of hydrogen-bond acceptors (Lipinski definition) is 2. The lowest BCUT2D eigenvalue weighted by Gasteiger charge is -2.11. The number of nitrogens with one attached hydrogen (secondary N) is 1. The van der Waals surface area contributed by atoms with Crippen molar-refractivity contribution in [2.45, 2.75) is 31.8 Å². The number of halogens is 1. The summed E-state index contributed by atoms with van der Waals surface area (Å²) in [5.74, 6) is 0. The number of aromatic nitrogens is 1. The molecule has 1 fully saturated rings. The van der Waals surface area contributed by atoms with Gasteiger partial charge < -0.3 is 5.32 Å². The lowest BCUT2D eigenvalue weighted by molar-refractivity contribution is 0.683. The molecule has 1 aromatic heterocycles. The molecule has 1 heterocycles. The highest BCUT2D eigenvalue weighted by atomic mass is 35.5. The van der Waals surface area contributed by atoms with E-state index in [2.05, 4.69) is 28.5 Å². The predicted octanol–water partition coefficient (Wildman–Crippen LogP) is 3.58. The van der Waals surface area contributed by atoms with Crippen molar-refractivity contribution in [3.63, 3.8) is 0 Å². The highest BCUT2D eigenvalue weighted by Crippen LogP contribution is 2.22. The van der Waals surface area contributed by atoms with Crippen molar-refractivity contribution >= 4 is 11.6 Å². The molecule has 0 saturated heterocycles. The highest BCUT2D eigenvalue weighted by Gasteiger charge is 2.20. The van der Waals surface area contributed by atoms with E-state index in [4.69, 9.17) is 11.6 Å². The minimum atomic E-state index is 0.713. The maximum absolute atomic E-state index is 6.11. The fourth-order valence-corrected chi connectivity index (χ4v) is 2.39. The van der Waals surface area contributed by atoms with Gasteiger partial charge in [0.1, 0.15) is 0 Å². The molecule has 98 valence electrons. The van der Waals surface area contributed by atoms with Crippen LogP contribution >= 0.6 is 11.6 Å². The van der Waals surface area contributed by atoms with E-state index in [1.807, 2.05) is 18.3 Å². The zero-order valence-electron chi connectivity index (χ0n) is 10.8. The van der Waals surface area contributed by atoms with E-state index in [0.29, 0.717) is 6.04 Å². The van der Waals surface area contributed by atoms with Crippen LogP contribution in [0, 0.1) is 0 Å². The van der Waals surface area contributed by atoms with E-state index in [-0.39, 0.29) is 0 Å². The molecular weight excluding hydrogens is 256 g/mol. The second-order valence-corrected chi connectivity index (χ2v) is 5.54. The van der Waals surface area contributed by atoms with Gasteiger partial charge in [0.2, 0.25) is 0 Å². The van der Waals surface area contributed by atoms with Gasteiger partial charge in [-0.2, -0.15) is 0 Å². The molecule has 2 aromatic rings. The summed E-state index contributed by atoms with van der Waals surface area (Å²) in [6, 6.07) is 11.0. The Hall–Kier alpha value is -1.38. The Kier molecular flexibility index (Phi) is 3.81. The van der Waals surface area contributed by atoms with Gasteiger partial charge in [0, 0.05) is 30.0 Å². The zero-order valence-corrected chi connectivity index (χ0v) is 11.5. The van der Waals surface area contributed by atoms with Gasteiger partial charge in [-0.1, -0.05) is 23.7 Å². The van der Waals surface area contributed by atoms with Crippen molar-refractivity contribution in [3.05, 3.63) is 64.4 Å². The first kappa shape index (κ1) is 12.6. The van der Waals surface area contributed by atoms with E-state index in [1.54, 1.807) is 6.20 Å². The first-order chi connectivity index (χ1) is 9.31. The average molecular weight is 273 g/mol. The molecule has 3 rings (SSSR count). The number of rotatable bonds is 5. The SMILES string of the molecule is Clc1ccc(Cc2cccnc2)c(CNC2CC2)c1. The maximum Gasteiger partial charge on any atom is 0.0409 e. The molecule has 0 unspecified atom stereocenters. The van der Waals surface area contributed by atoms with Crippen LogP contribution in [0.1, 0.15) is 29.5 Å². The van der Waals surface area contributed by atoms with Crippen molar-refractivity contribution in [1.82, 2.24) is 10.3 Å². The molecule has 0 bridgehead atoms. The molecule has 0 aliphatic heterocycles. The van der Waals surface area contributed by atoms with Crippen LogP contribution in [0.2, 0.25) is 5.02 Å². The summed E-state index contributed by atoms with van der Waals surface area (Å²) in [5, 5.41) is 4.36. The molecule has 3 heteroatoms. The van der Waals surface area contributed by atoms with Crippen LogP contribution in [0.5, 0.6) is 0 Å². The van der Waals surface area contributed by atoms with Crippen LogP contribution in [-0.4, -0.2) is 11.0 Å². The predicted molar refractivity (Wildman–Crippen MR) is 78.4 cm³/mol. The summed E-state index contributed by atoms with van der Waals surface area (Å²) in [6.07, 6.45) is 7.25. The molecule has 1 saturated carbocycles. The monoisotopic (exact) mass is 272 g/mol. The lowest BCUT2D eigenvalue weighted by Crippen LogP contribution is -2.16. The Balaban J connectivity index is 1.78. The summed E-state index contributed by atoms with van der Waals surface area (Å²) >= 11 is 6.11. The second kappa shape index (κ2) is 5.72. The standard InChI is InChI=1S/C16H17ClN2/c17-15-4-3-13(8-12-2-1-7-18-10-12)14(9-15)11-19-16-5-6-16/h1-4,7,9-10,16,19H,5-6,8,11H2. The van der Waals surface area contributed by atoms with Crippen LogP contribution in [0.25, 0.3) is 0 Å². The van der Waals surface area contributed by atoms with Crippen LogP contribution < -0.4 is 5.32 Å². The molecule has 0 amide bonds. The molecule has 2 nitrogen and oxygen atoms in total. The molecule has 1 N–H and O–H groups in total. The summed E-state index contributed by atoms with van der Waals surface area (Å²) in [7, 11) is 0. The topological polar surface area (TPSA) is 24.9 Å². The van der Waals surface area contributed by atoms with E-state index >= 15 is 0 Å². The van der Waals surface area contributed by atoms with Crippen LogP contribution in [0.3, 0.4) is 0 Å². The van der Waals surface area contributed by atoms with Crippen LogP contribution in [-0.2, 0) is 13.0 Å². The Morgan fingerprint density at radius 3 is 2.84 bits per heavy atom. The second-order valence-electron chi connectivity index (χ2n) is 5.11. The minimum absolute atomic E-state index is 0.713. The fourth-order valence-electron chi connectivity index (χ4n) is 2.20. The Morgan fingerprint density at radius 1 is 1.21 bits per heavy atom. The van der Waals surface area contributed by atoms with Gasteiger partial charge in [-0.05, 0) is 54.2 Å². The normalized spacial score (nSPS) is 14.6. The van der Waals surface area contributed by atoms with E-state index < -0.39 is 0 Å². The van der Waals surface area contributed by atoms with Crippen molar-refractivity contribution in [2.75, 3.05) is 0 Å². The molecule has 0 atom stereocenters. The average Bonchev–Trinajstić information content (AvgIpc) is 3.24. The van der Waals surface area contributed by atoms with Gasteiger partial charge in [-0.3, -0.25) is 4.98 Å². The van der Waals surface area contributed by atoms with Gasteiger partial charge in [0.15, 0.2) is 0 Å².